The molecule has 2 rings (SSSR count). The Bertz CT molecular complexity index is 462. The van der Waals surface area contributed by atoms with Crippen molar-refractivity contribution in [2.75, 3.05) is 7.05 Å². The van der Waals surface area contributed by atoms with Crippen molar-refractivity contribution in [2.24, 2.45) is 0 Å². The summed E-state index contributed by atoms with van der Waals surface area (Å²) >= 11 is 9.50. The summed E-state index contributed by atoms with van der Waals surface area (Å²) in [6, 6.07) is 4.26. The van der Waals surface area contributed by atoms with Gasteiger partial charge in [-0.1, -0.05) is 28.8 Å². The topological polar surface area (TPSA) is 20.3 Å². The van der Waals surface area contributed by atoms with Crippen LogP contribution in [0.3, 0.4) is 0 Å². The highest BCUT2D eigenvalue weighted by atomic mass is 79.9. The molecule has 1 aliphatic carbocycles. The standard InChI is InChI=1S/C14H16BrClFNO/c1-18(13-5-3-2-4-12(13)16)14(19)9-6-10(15)8-11(17)7-9/h6-8,12-13H,2-5H2,1H3. The zero-order valence-electron chi connectivity index (χ0n) is 10.7. The molecule has 5 heteroatoms. The Morgan fingerprint density at radius 1 is 1.37 bits per heavy atom. The highest BCUT2D eigenvalue weighted by Crippen LogP contribution is 2.28. The smallest absolute Gasteiger partial charge is 0.254 e. The Balaban J connectivity index is 2.18. The van der Waals surface area contributed by atoms with Gasteiger partial charge in [-0.3, -0.25) is 4.79 Å². The number of amides is 1. The Morgan fingerprint density at radius 2 is 2.05 bits per heavy atom. The minimum atomic E-state index is -0.419. The van der Waals surface area contributed by atoms with Crippen LogP contribution in [-0.2, 0) is 0 Å². The number of carbonyl (C=O) groups excluding carboxylic acids is 1. The van der Waals surface area contributed by atoms with Crippen LogP contribution >= 0.6 is 27.5 Å². The third-order valence-corrected chi connectivity index (χ3v) is 4.54. The summed E-state index contributed by atoms with van der Waals surface area (Å²) in [5.74, 6) is -0.602. The molecule has 0 bridgehead atoms. The maximum Gasteiger partial charge on any atom is 0.254 e. The van der Waals surface area contributed by atoms with Crippen molar-refractivity contribution in [1.82, 2.24) is 4.90 Å². The first-order valence-corrected chi connectivity index (χ1v) is 7.59. The maximum absolute atomic E-state index is 13.3. The van der Waals surface area contributed by atoms with Crippen LogP contribution in [0.25, 0.3) is 0 Å². The first-order valence-electron chi connectivity index (χ1n) is 6.36. The molecule has 0 saturated heterocycles. The summed E-state index contributed by atoms with van der Waals surface area (Å²) in [7, 11) is 1.74. The molecule has 2 nitrogen and oxygen atoms in total. The van der Waals surface area contributed by atoms with Gasteiger partial charge in [0.05, 0.1) is 5.38 Å². The van der Waals surface area contributed by atoms with Gasteiger partial charge < -0.3 is 4.90 Å². The van der Waals surface area contributed by atoms with Crippen LogP contribution in [0, 0.1) is 5.82 Å². The monoisotopic (exact) mass is 347 g/mol. The fraction of sp³-hybridized carbons (Fsp3) is 0.500. The Kier molecular flexibility index (Phi) is 4.85. The van der Waals surface area contributed by atoms with Gasteiger partial charge in [0.1, 0.15) is 5.82 Å². The van der Waals surface area contributed by atoms with Crippen LogP contribution in [0.2, 0.25) is 0 Å². The van der Waals surface area contributed by atoms with Gasteiger partial charge >= 0.3 is 0 Å². The van der Waals surface area contributed by atoms with E-state index in [0.717, 1.165) is 25.7 Å². The summed E-state index contributed by atoms with van der Waals surface area (Å²) in [6.07, 6.45) is 4.03. The van der Waals surface area contributed by atoms with Crippen molar-refractivity contribution in [1.29, 1.82) is 0 Å². The van der Waals surface area contributed by atoms with Crippen LogP contribution in [-0.4, -0.2) is 29.3 Å². The molecular weight excluding hydrogens is 333 g/mol. The molecule has 104 valence electrons. The predicted octanol–water partition coefficient (Wildman–Crippen LogP) is 4.21. The van der Waals surface area contributed by atoms with E-state index in [4.69, 9.17) is 11.6 Å². The number of hydrogen-bond acceptors (Lipinski definition) is 1. The zero-order chi connectivity index (χ0) is 14.0. The summed E-state index contributed by atoms with van der Waals surface area (Å²) in [5.41, 5.74) is 0.351. The van der Waals surface area contributed by atoms with Crippen LogP contribution in [0.1, 0.15) is 36.0 Å². The van der Waals surface area contributed by atoms with Gasteiger partial charge in [-0.05, 0) is 31.0 Å². The van der Waals surface area contributed by atoms with Crippen LogP contribution in [0.15, 0.2) is 22.7 Å². The Morgan fingerprint density at radius 3 is 2.68 bits per heavy atom. The average molecular weight is 349 g/mol. The van der Waals surface area contributed by atoms with E-state index in [2.05, 4.69) is 15.9 Å². The van der Waals surface area contributed by atoms with Gasteiger partial charge in [-0.25, -0.2) is 4.39 Å². The van der Waals surface area contributed by atoms with Crippen LogP contribution in [0.5, 0.6) is 0 Å². The number of nitrogens with zero attached hydrogens (tertiary/aromatic N) is 1. The van der Waals surface area contributed by atoms with Crippen molar-refractivity contribution in [2.45, 2.75) is 37.1 Å². The summed E-state index contributed by atoms with van der Waals surface area (Å²) < 4.78 is 13.9. The maximum atomic E-state index is 13.3. The second kappa shape index (κ2) is 6.23. The number of halogens is 3. The number of benzene rings is 1. The third kappa shape index (κ3) is 3.48. The Labute approximate surface area is 126 Å². The van der Waals surface area contributed by atoms with E-state index in [1.165, 1.54) is 12.1 Å². The van der Waals surface area contributed by atoms with Gasteiger partial charge in [0.2, 0.25) is 0 Å². The summed E-state index contributed by atoms with van der Waals surface area (Å²) in [5, 5.41) is -0.0142. The fourth-order valence-electron chi connectivity index (χ4n) is 2.53. The molecule has 0 spiro atoms. The van der Waals surface area contributed by atoms with E-state index in [1.807, 2.05) is 0 Å². The first kappa shape index (κ1) is 14.8. The minimum Gasteiger partial charge on any atom is -0.337 e. The van der Waals surface area contributed by atoms with Crippen LogP contribution in [0.4, 0.5) is 4.39 Å². The summed E-state index contributed by atoms with van der Waals surface area (Å²) in [4.78, 5) is 14.0. The lowest BCUT2D eigenvalue weighted by Gasteiger charge is -2.35. The molecule has 1 fully saturated rings. The SMILES string of the molecule is CN(C(=O)c1cc(F)cc(Br)c1)C1CCCCC1Cl. The quantitative estimate of drug-likeness (QED) is 0.733. The van der Waals surface area contributed by atoms with Crippen LogP contribution < -0.4 is 0 Å². The number of carbonyl (C=O) groups is 1. The first-order chi connectivity index (χ1) is 8.99. The lowest BCUT2D eigenvalue weighted by molar-refractivity contribution is 0.0700. The molecule has 19 heavy (non-hydrogen) atoms. The highest BCUT2D eigenvalue weighted by molar-refractivity contribution is 9.10. The molecule has 2 atom stereocenters. The lowest BCUT2D eigenvalue weighted by atomic mass is 9.93. The van der Waals surface area contributed by atoms with Crippen molar-refractivity contribution in [3.63, 3.8) is 0 Å². The normalized spacial score (nSPS) is 23.2. The molecule has 2 unspecified atom stereocenters. The number of alkyl halides is 1. The van der Waals surface area contributed by atoms with E-state index in [0.29, 0.717) is 10.0 Å². The molecule has 1 amide bonds. The molecule has 1 aromatic rings. The molecule has 0 aliphatic heterocycles. The van der Waals surface area contributed by atoms with Crippen molar-refractivity contribution >= 4 is 33.4 Å². The summed E-state index contributed by atoms with van der Waals surface area (Å²) in [6.45, 7) is 0. The van der Waals surface area contributed by atoms with Crippen molar-refractivity contribution in [3.05, 3.63) is 34.1 Å². The lowest BCUT2D eigenvalue weighted by Crippen LogP contribution is -2.44. The van der Waals surface area contributed by atoms with Crippen molar-refractivity contribution < 1.29 is 9.18 Å². The Hall–Kier alpha value is -0.610. The molecule has 1 aromatic carbocycles. The van der Waals surface area contributed by atoms with Gasteiger partial charge in [0.25, 0.3) is 5.91 Å². The second-order valence-electron chi connectivity index (χ2n) is 4.94. The molecule has 0 heterocycles. The van der Waals surface area contributed by atoms with Gasteiger partial charge in [-0.15, -0.1) is 11.6 Å². The molecular formula is C14H16BrClFNO. The zero-order valence-corrected chi connectivity index (χ0v) is 13.0. The van der Waals surface area contributed by atoms with Gasteiger partial charge in [0, 0.05) is 23.1 Å². The van der Waals surface area contributed by atoms with E-state index in [9.17, 15) is 9.18 Å². The molecule has 0 N–H and O–H groups in total. The molecule has 0 aromatic heterocycles. The van der Waals surface area contributed by atoms with Gasteiger partial charge in [0.15, 0.2) is 0 Å². The highest BCUT2D eigenvalue weighted by Gasteiger charge is 2.30. The fourth-order valence-corrected chi connectivity index (χ4v) is 3.45. The predicted molar refractivity (Wildman–Crippen MR) is 78.1 cm³/mol. The van der Waals surface area contributed by atoms with E-state index in [-0.39, 0.29) is 17.3 Å². The van der Waals surface area contributed by atoms with E-state index < -0.39 is 5.82 Å². The number of rotatable bonds is 2. The van der Waals surface area contributed by atoms with E-state index >= 15 is 0 Å². The third-order valence-electron chi connectivity index (χ3n) is 3.57. The average Bonchev–Trinajstić information content (AvgIpc) is 2.36. The largest absolute Gasteiger partial charge is 0.337 e. The molecule has 1 saturated carbocycles. The van der Waals surface area contributed by atoms with Crippen molar-refractivity contribution in [3.8, 4) is 0 Å². The second-order valence-corrected chi connectivity index (χ2v) is 6.42. The van der Waals surface area contributed by atoms with Gasteiger partial charge in [-0.2, -0.15) is 0 Å². The molecule has 0 radical (unpaired) electrons. The van der Waals surface area contributed by atoms with E-state index in [1.54, 1.807) is 18.0 Å². The number of hydrogen-bond donors (Lipinski definition) is 0. The molecule has 1 aliphatic rings. The minimum absolute atomic E-state index is 0.0142.